The lowest BCUT2D eigenvalue weighted by atomic mass is 10.2. The quantitative estimate of drug-likeness (QED) is 0.584. The first kappa shape index (κ1) is 19.8. The van der Waals surface area contributed by atoms with Crippen molar-refractivity contribution in [1.82, 2.24) is 0 Å². The van der Waals surface area contributed by atoms with Crippen LogP contribution in [0.25, 0.3) is 0 Å². The van der Waals surface area contributed by atoms with Gasteiger partial charge in [-0.15, -0.1) is 0 Å². The minimum Gasteiger partial charge on any atom is -0.494 e. The molecule has 0 saturated heterocycles. The number of carbonyl (C=O) groups is 1. The molecule has 26 heavy (non-hydrogen) atoms. The fraction of sp³-hybridized carbons (Fsp3) is 0.409. The van der Waals surface area contributed by atoms with Crippen molar-refractivity contribution in [3.63, 3.8) is 0 Å². The highest BCUT2D eigenvalue weighted by Gasteiger charge is 2.14. The van der Waals surface area contributed by atoms with E-state index in [0.29, 0.717) is 5.75 Å². The van der Waals surface area contributed by atoms with Crippen LogP contribution in [0.5, 0.6) is 11.5 Å². The van der Waals surface area contributed by atoms with Gasteiger partial charge in [0.15, 0.2) is 6.10 Å². The Morgan fingerprint density at radius 2 is 1.62 bits per heavy atom. The highest BCUT2D eigenvalue weighted by Crippen LogP contribution is 2.18. The molecule has 0 heterocycles. The van der Waals surface area contributed by atoms with Gasteiger partial charge < -0.3 is 14.8 Å². The van der Waals surface area contributed by atoms with Gasteiger partial charge in [0.1, 0.15) is 11.5 Å². The van der Waals surface area contributed by atoms with E-state index in [2.05, 4.69) is 12.2 Å². The number of anilines is 1. The lowest BCUT2D eigenvalue weighted by Gasteiger charge is -2.15. The van der Waals surface area contributed by atoms with Gasteiger partial charge in [0.2, 0.25) is 0 Å². The van der Waals surface area contributed by atoms with E-state index in [-0.39, 0.29) is 5.91 Å². The van der Waals surface area contributed by atoms with E-state index in [1.807, 2.05) is 55.5 Å². The van der Waals surface area contributed by atoms with E-state index in [4.69, 9.17) is 9.47 Å². The van der Waals surface area contributed by atoms with Crippen molar-refractivity contribution in [2.75, 3.05) is 11.9 Å². The maximum Gasteiger partial charge on any atom is 0.265 e. The Bertz CT molecular complexity index is 665. The van der Waals surface area contributed by atoms with Gasteiger partial charge in [0, 0.05) is 5.69 Å². The minimum atomic E-state index is -0.577. The zero-order valence-corrected chi connectivity index (χ0v) is 16.0. The zero-order chi connectivity index (χ0) is 18.8. The standard InChI is InChI=1S/C22H29NO3/c1-4-5-6-7-16-25-20-14-10-19(11-15-20)23-22(24)18(3)26-21-12-8-17(2)9-13-21/h8-15,18H,4-7,16H2,1-3H3,(H,23,24). The lowest BCUT2D eigenvalue weighted by Crippen LogP contribution is -2.30. The van der Waals surface area contributed by atoms with E-state index in [1.165, 1.54) is 19.3 Å². The van der Waals surface area contributed by atoms with E-state index in [0.717, 1.165) is 30.0 Å². The smallest absolute Gasteiger partial charge is 0.265 e. The largest absolute Gasteiger partial charge is 0.494 e. The Morgan fingerprint density at radius 3 is 2.27 bits per heavy atom. The van der Waals surface area contributed by atoms with E-state index in [1.54, 1.807) is 6.92 Å². The third-order valence-electron chi connectivity index (χ3n) is 4.09. The predicted molar refractivity (Wildman–Crippen MR) is 106 cm³/mol. The van der Waals surface area contributed by atoms with Crippen LogP contribution in [-0.2, 0) is 4.79 Å². The molecule has 0 fully saturated rings. The maximum atomic E-state index is 12.3. The van der Waals surface area contributed by atoms with Crippen LogP contribution in [0.1, 0.15) is 45.1 Å². The molecule has 0 aliphatic heterocycles. The first-order chi connectivity index (χ1) is 12.6. The average molecular weight is 355 g/mol. The Kier molecular flexibility index (Phi) is 8.00. The molecule has 4 nitrogen and oxygen atoms in total. The topological polar surface area (TPSA) is 47.6 Å². The van der Waals surface area contributed by atoms with Gasteiger partial charge in [-0.1, -0.05) is 43.9 Å². The molecule has 2 aromatic rings. The summed E-state index contributed by atoms with van der Waals surface area (Å²) in [7, 11) is 0. The number of carbonyl (C=O) groups excluding carboxylic acids is 1. The third kappa shape index (κ3) is 6.79. The summed E-state index contributed by atoms with van der Waals surface area (Å²) in [5.41, 5.74) is 1.88. The van der Waals surface area contributed by atoms with Crippen LogP contribution < -0.4 is 14.8 Å². The van der Waals surface area contributed by atoms with Gasteiger partial charge in [-0.3, -0.25) is 4.79 Å². The van der Waals surface area contributed by atoms with Gasteiger partial charge in [-0.2, -0.15) is 0 Å². The number of rotatable bonds is 10. The van der Waals surface area contributed by atoms with Crippen LogP contribution in [0.2, 0.25) is 0 Å². The first-order valence-electron chi connectivity index (χ1n) is 9.35. The van der Waals surface area contributed by atoms with Crippen molar-refractivity contribution in [1.29, 1.82) is 0 Å². The predicted octanol–water partition coefficient (Wildman–Crippen LogP) is 5.36. The fourth-order valence-electron chi connectivity index (χ4n) is 2.47. The number of hydrogen-bond acceptors (Lipinski definition) is 3. The van der Waals surface area contributed by atoms with Crippen LogP contribution in [0.4, 0.5) is 5.69 Å². The van der Waals surface area contributed by atoms with Crippen molar-refractivity contribution in [3.8, 4) is 11.5 Å². The molecule has 0 aliphatic carbocycles. The Balaban J connectivity index is 1.78. The molecule has 4 heteroatoms. The highest BCUT2D eigenvalue weighted by atomic mass is 16.5. The molecule has 1 unspecified atom stereocenters. The Labute approximate surface area is 156 Å². The summed E-state index contributed by atoms with van der Waals surface area (Å²) in [5, 5.41) is 2.87. The van der Waals surface area contributed by atoms with Crippen molar-refractivity contribution in [3.05, 3.63) is 54.1 Å². The van der Waals surface area contributed by atoms with Crippen molar-refractivity contribution < 1.29 is 14.3 Å². The normalized spacial score (nSPS) is 11.7. The van der Waals surface area contributed by atoms with Crippen LogP contribution in [-0.4, -0.2) is 18.6 Å². The van der Waals surface area contributed by atoms with Crippen LogP contribution in [0, 0.1) is 6.92 Å². The third-order valence-corrected chi connectivity index (χ3v) is 4.09. The summed E-state index contributed by atoms with van der Waals surface area (Å²) in [6, 6.07) is 15.1. The molecule has 0 aliphatic rings. The number of benzene rings is 2. The van der Waals surface area contributed by atoms with E-state index in [9.17, 15) is 4.79 Å². The van der Waals surface area contributed by atoms with Gasteiger partial charge in [-0.25, -0.2) is 0 Å². The zero-order valence-electron chi connectivity index (χ0n) is 16.0. The number of aryl methyl sites for hydroxylation is 1. The molecule has 1 amide bonds. The summed E-state index contributed by atoms with van der Waals surface area (Å²) < 4.78 is 11.4. The maximum absolute atomic E-state index is 12.3. The van der Waals surface area contributed by atoms with Crippen molar-refractivity contribution >= 4 is 11.6 Å². The van der Waals surface area contributed by atoms with Crippen molar-refractivity contribution in [2.24, 2.45) is 0 Å². The summed E-state index contributed by atoms with van der Waals surface area (Å²) in [6.45, 7) is 6.68. The Morgan fingerprint density at radius 1 is 0.962 bits per heavy atom. The molecular formula is C22H29NO3. The molecule has 0 saturated carbocycles. The SMILES string of the molecule is CCCCCCOc1ccc(NC(=O)C(C)Oc2ccc(C)cc2)cc1. The molecule has 0 spiro atoms. The Hall–Kier alpha value is -2.49. The summed E-state index contributed by atoms with van der Waals surface area (Å²) in [5.74, 6) is 1.33. The summed E-state index contributed by atoms with van der Waals surface area (Å²) >= 11 is 0. The highest BCUT2D eigenvalue weighted by molar-refractivity contribution is 5.94. The average Bonchev–Trinajstić information content (AvgIpc) is 2.64. The molecule has 140 valence electrons. The first-order valence-corrected chi connectivity index (χ1v) is 9.35. The second kappa shape index (κ2) is 10.5. The van der Waals surface area contributed by atoms with Crippen LogP contribution >= 0.6 is 0 Å². The summed E-state index contributed by atoms with van der Waals surface area (Å²) in [6.07, 6.45) is 4.16. The number of ether oxygens (including phenoxy) is 2. The molecule has 1 atom stereocenters. The molecule has 0 radical (unpaired) electrons. The molecule has 2 aromatic carbocycles. The van der Waals surface area contributed by atoms with Gasteiger partial charge in [-0.05, 0) is 56.7 Å². The number of unbranched alkanes of at least 4 members (excludes halogenated alkanes) is 3. The van der Waals surface area contributed by atoms with Gasteiger partial charge in [0.25, 0.3) is 5.91 Å². The van der Waals surface area contributed by atoms with E-state index >= 15 is 0 Å². The van der Waals surface area contributed by atoms with Crippen molar-refractivity contribution in [2.45, 2.75) is 52.6 Å². The van der Waals surface area contributed by atoms with Crippen LogP contribution in [0.3, 0.4) is 0 Å². The van der Waals surface area contributed by atoms with Crippen LogP contribution in [0.15, 0.2) is 48.5 Å². The minimum absolute atomic E-state index is 0.182. The van der Waals surface area contributed by atoms with Gasteiger partial charge in [0.05, 0.1) is 6.61 Å². The summed E-state index contributed by atoms with van der Waals surface area (Å²) in [4.78, 5) is 12.3. The number of nitrogens with one attached hydrogen (secondary N) is 1. The second-order valence-corrected chi connectivity index (χ2v) is 6.50. The fourth-order valence-corrected chi connectivity index (χ4v) is 2.47. The van der Waals surface area contributed by atoms with E-state index < -0.39 is 6.10 Å². The molecule has 0 bridgehead atoms. The second-order valence-electron chi connectivity index (χ2n) is 6.50. The number of amides is 1. The lowest BCUT2D eigenvalue weighted by molar-refractivity contribution is -0.122. The molecular weight excluding hydrogens is 326 g/mol. The molecule has 1 N–H and O–H groups in total. The molecule has 2 rings (SSSR count). The van der Waals surface area contributed by atoms with Gasteiger partial charge >= 0.3 is 0 Å². The molecule has 0 aromatic heterocycles. The number of hydrogen-bond donors (Lipinski definition) is 1. The monoisotopic (exact) mass is 355 g/mol.